The van der Waals surface area contributed by atoms with Crippen LogP contribution >= 0.6 is 0 Å². The highest BCUT2D eigenvalue weighted by Crippen LogP contribution is 2.27. The van der Waals surface area contributed by atoms with Crippen molar-refractivity contribution in [2.75, 3.05) is 6.54 Å². The number of aliphatic hydroxyl groups excluding tert-OH is 4. The van der Waals surface area contributed by atoms with Crippen molar-refractivity contribution in [3.8, 4) is 0 Å². The SMILES string of the molecule is NC[C@@H]1O[C@@H](O[C@H]2C[C@H](O)[C@@H](N)C[C@@H]2N)[C@@H](O)[C@H](O)[C@H]1O. The molecule has 0 unspecified atom stereocenters. The topological polar surface area (TPSA) is 177 Å². The van der Waals surface area contributed by atoms with E-state index in [0.29, 0.717) is 6.42 Å². The van der Waals surface area contributed by atoms with Gasteiger partial charge in [-0.05, 0) is 6.42 Å². The lowest BCUT2D eigenvalue weighted by Gasteiger charge is -2.43. The second-order valence-corrected chi connectivity index (χ2v) is 5.79. The van der Waals surface area contributed by atoms with Gasteiger partial charge in [-0.3, -0.25) is 0 Å². The fourth-order valence-corrected chi connectivity index (χ4v) is 2.76. The fraction of sp³-hybridized carbons (Fsp3) is 1.00. The van der Waals surface area contributed by atoms with E-state index in [1.165, 1.54) is 0 Å². The molecule has 10 N–H and O–H groups in total. The van der Waals surface area contributed by atoms with Gasteiger partial charge in [0.05, 0.1) is 12.2 Å². The van der Waals surface area contributed by atoms with Crippen LogP contribution in [0.15, 0.2) is 0 Å². The van der Waals surface area contributed by atoms with Crippen LogP contribution in [0.1, 0.15) is 12.8 Å². The predicted molar refractivity (Wildman–Crippen MR) is 71.8 cm³/mol. The second kappa shape index (κ2) is 6.82. The molecule has 2 aliphatic rings. The van der Waals surface area contributed by atoms with Crippen molar-refractivity contribution in [1.29, 1.82) is 0 Å². The molecule has 1 heterocycles. The van der Waals surface area contributed by atoms with E-state index in [2.05, 4.69) is 0 Å². The Kier molecular flexibility index (Phi) is 5.52. The third kappa shape index (κ3) is 3.52. The van der Waals surface area contributed by atoms with Crippen molar-refractivity contribution in [2.45, 2.75) is 67.8 Å². The minimum atomic E-state index is -1.43. The molecule has 0 radical (unpaired) electrons. The molecule has 2 fully saturated rings. The van der Waals surface area contributed by atoms with Crippen molar-refractivity contribution < 1.29 is 29.9 Å². The number of nitrogens with two attached hydrogens (primary N) is 3. The molecule has 2 rings (SSSR count). The molecule has 9 heteroatoms. The van der Waals surface area contributed by atoms with Gasteiger partial charge < -0.3 is 47.1 Å². The Labute approximate surface area is 122 Å². The Hall–Kier alpha value is -0.360. The van der Waals surface area contributed by atoms with Crippen LogP contribution in [-0.2, 0) is 9.47 Å². The Bertz CT molecular complexity index is 347. The van der Waals surface area contributed by atoms with Crippen LogP contribution in [0.3, 0.4) is 0 Å². The molecule has 0 aromatic heterocycles. The first-order chi connectivity index (χ1) is 9.85. The van der Waals surface area contributed by atoms with Crippen molar-refractivity contribution in [2.24, 2.45) is 17.2 Å². The van der Waals surface area contributed by atoms with Gasteiger partial charge in [0.2, 0.25) is 0 Å². The minimum absolute atomic E-state index is 0.0327. The maximum Gasteiger partial charge on any atom is 0.186 e. The summed E-state index contributed by atoms with van der Waals surface area (Å²) in [5.41, 5.74) is 17.1. The molecule has 21 heavy (non-hydrogen) atoms. The van der Waals surface area contributed by atoms with E-state index in [1.807, 2.05) is 0 Å². The lowest BCUT2D eigenvalue weighted by molar-refractivity contribution is -0.309. The van der Waals surface area contributed by atoms with Crippen LogP contribution < -0.4 is 17.2 Å². The fourth-order valence-electron chi connectivity index (χ4n) is 2.76. The van der Waals surface area contributed by atoms with Gasteiger partial charge in [0.15, 0.2) is 6.29 Å². The molecule has 1 aliphatic heterocycles. The summed E-state index contributed by atoms with van der Waals surface area (Å²) in [6.45, 7) is -0.0327. The molecule has 0 spiro atoms. The number of ether oxygens (including phenoxy) is 2. The third-order valence-electron chi connectivity index (χ3n) is 4.20. The minimum Gasteiger partial charge on any atom is -0.391 e. The number of aliphatic hydroxyl groups is 4. The quantitative estimate of drug-likeness (QED) is 0.273. The van der Waals surface area contributed by atoms with Crippen molar-refractivity contribution in [3.63, 3.8) is 0 Å². The van der Waals surface area contributed by atoms with Crippen molar-refractivity contribution >= 4 is 0 Å². The van der Waals surface area contributed by atoms with Gasteiger partial charge in [-0.15, -0.1) is 0 Å². The number of rotatable bonds is 3. The second-order valence-electron chi connectivity index (χ2n) is 5.79. The number of hydrogen-bond acceptors (Lipinski definition) is 9. The Morgan fingerprint density at radius 1 is 0.952 bits per heavy atom. The lowest BCUT2D eigenvalue weighted by Crippen LogP contribution is -2.62. The van der Waals surface area contributed by atoms with Gasteiger partial charge in [-0.1, -0.05) is 0 Å². The monoisotopic (exact) mass is 307 g/mol. The van der Waals surface area contributed by atoms with Gasteiger partial charge in [0, 0.05) is 25.0 Å². The van der Waals surface area contributed by atoms with Gasteiger partial charge >= 0.3 is 0 Å². The van der Waals surface area contributed by atoms with E-state index in [1.54, 1.807) is 0 Å². The Morgan fingerprint density at radius 3 is 2.24 bits per heavy atom. The van der Waals surface area contributed by atoms with Gasteiger partial charge in [0.1, 0.15) is 24.4 Å². The molecule has 0 aromatic rings. The number of hydrogen-bond donors (Lipinski definition) is 7. The van der Waals surface area contributed by atoms with Crippen molar-refractivity contribution in [3.05, 3.63) is 0 Å². The van der Waals surface area contributed by atoms with Crippen LogP contribution in [0.2, 0.25) is 0 Å². The summed E-state index contributed by atoms with van der Waals surface area (Å²) in [6, 6.07) is -0.833. The first-order valence-electron chi connectivity index (χ1n) is 7.09. The molecule has 0 amide bonds. The van der Waals surface area contributed by atoms with Gasteiger partial charge in [-0.25, -0.2) is 0 Å². The van der Waals surface area contributed by atoms with E-state index in [4.69, 9.17) is 26.7 Å². The molecule has 124 valence electrons. The molecule has 1 saturated carbocycles. The van der Waals surface area contributed by atoms with Gasteiger partial charge in [-0.2, -0.15) is 0 Å². The molecular formula is C12H25N3O6. The normalized spacial score (nSPS) is 51.9. The first-order valence-corrected chi connectivity index (χ1v) is 7.09. The Balaban J connectivity index is 2.01. The molecule has 1 aliphatic carbocycles. The zero-order valence-electron chi connectivity index (χ0n) is 11.7. The summed E-state index contributed by atoms with van der Waals surface area (Å²) in [7, 11) is 0. The summed E-state index contributed by atoms with van der Waals surface area (Å²) < 4.78 is 11.0. The molecule has 9 nitrogen and oxygen atoms in total. The summed E-state index contributed by atoms with van der Waals surface area (Å²) >= 11 is 0. The van der Waals surface area contributed by atoms with E-state index in [9.17, 15) is 20.4 Å². The lowest BCUT2D eigenvalue weighted by atomic mass is 9.87. The zero-order valence-corrected chi connectivity index (χ0v) is 11.7. The molecule has 0 bridgehead atoms. The summed E-state index contributed by atoms with van der Waals surface area (Å²) in [6.07, 6.45) is -6.90. The van der Waals surface area contributed by atoms with E-state index < -0.39 is 55.0 Å². The van der Waals surface area contributed by atoms with Gasteiger partial charge in [0.25, 0.3) is 0 Å². The van der Waals surface area contributed by atoms with Crippen LogP contribution in [-0.4, -0.2) is 82.0 Å². The summed E-state index contributed by atoms with van der Waals surface area (Å²) in [4.78, 5) is 0. The molecule has 1 saturated heterocycles. The molecular weight excluding hydrogens is 282 g/mol. The van der Waals surface area contributed by atoms with Crippen LogP contribution in [0.5, 0.6) is 0 Å². The highest BCUT2D eigenvalue weighted by atomic mass is 16.7. The molecule has 0 aromatic carbocycles. The van der Waals surface area contributed by atoms with E-state index >= 15 is 0 Å². The van der Waals surface area contributed by atoms with Crippen LogP contribution in [0.4, 0.5) is 0 Å². The predicted octanol–water partition coefficient (Wildman–Crippen LogP) is -4.05. The zero-order chi connectivity index (χ0) is 15.7. The van der Waals surface area contributed by atoms with E-state index in [0.717, 1.165) is 0 Å². The smallest absolute Gasteiger partial charge is 0.186 e. The summed E-state index contributed by atoms with van der Waals surface area (Å²) in [5.74, 6) is 0. The maximum atomic E-state index is 9.93. The first kappa shape index (κ1) is 17.0. The largest absolute Gasteiger partial charge is 0.391 e. The van der Waals surface area contributed by atoms with Crippen LogP contribution in [0.25, 0.3) is 0 Å². The summed E-state index contributed by atoms with van der Waals surface area (Å²) in [5, 5.41) is 39.2. The van der Waals surface area contributed by atoms with Crippen molar-refractivity contribution in [1.82, 2.24) is 0 Å². The Morgan fingerprint density at radius 2 is 1.62 bits per heavy atom. The highest BCUT2D eigenvalue weighted by Gasteiger charge is 2.46. The van der Waals surface area contributed by atoms with E-state index in [-0.39, 0.29) is 13.0 Å². The standard InChI is InChI=1S/C12H25N3O6/c13-3-8-9(17)10(18)11(19)12(21-8)20-7-2-6(16)4(14)1-5(7)15/h4-12,16-19H,1-3,13-15H2/t4-,5-,6-,7-,8-,9-,10+,11-,12+/m0/s1. The third-order valence-corrected chi connectivity index (χ3v) is 4.20. The maximum absolute atomic E-state index is 9.93. The highest BCUT2D eigenvalue weighted by molar-refractivity contribution is 4.94. The average molecular weight is 307 g/mol. The molecule has 9 atom stereocenters. The van der Waals surface area contributed by atoms with Crippen LogP contribution in [0, 0.1) is 0 Å². The average Bonchev–Trinajstić information content (AvgIpc) is 2.45.